The van der Waals surface area contributed by atoms with Crippen LogP contribution in [-0.2, 0) is 4.79 Å². The summed E-state index contributed by atoms with van der Waals surface area (Å²) in [6.07, 6.45) is 0. The van der Waals surface area contributed by atoms with Gasteiger partial charge in [-0.2, -0.15) is 0 Å². The highest BCUT2D eigenvalue weighted by Gasteiger charge is 2.17. The summed E-state index contributed by atoms with van der Waals surface area (Å²) in [6, 6.07) is 29.9. The molecule has 3 aromatic rings. The molecule has 3 nitrogen and oxygen atoms in total. The van der Waals surface area contributed by atoms with Crippen LogP contribution in [0.25, 0.3) is 0 Å². The Kier molecular flexibility index (Phi) is 5.47. The third kappa shape index (κ3) is 4.48. The molecule has 0 aliphatic carbocycles. The molecule has 0 heterocycles. The van der Waals surface area contributed by atoms with Crippen molar-refractivity contribution in [2.75, 3.05) is 18.5 Å². The maximum absolute atomic E-state index is 12.6. The fourth-order valence-electron chi connectivity index (χ4n) is 2.85. The molecule has 0 aliphatic heterocycles. The number of rotatable bonds is 6. The number of carbonyl (C=O) groups excluding carboxylic acids is 1. The molecule has 0 saturated heterocycles. The Morgan fingerprint density at radius 3 is 1.72 bits per heavy atom. The molecule has 126 valence electrons. The van der Waals surface area contributed by atoms with E-state index in [1.54, 1.807) is 0 Å². The van der Waals surface area contributed by atoms with Crippen molar-refractivity contribution in [3.8, 4) is 0 Å². The lowest BCUT2D eigenvalue weighted by Crippen LogP contribution is -2.37. The van der Waals surface area contributed by atoms with Gasteiger partial charge in [-0.05, 0) is 23.3 Å². The van der Waals surface area contributed by atoms with E-state index in [0.717, 1.165) is 16.8 Å². The lowest BCUT2D eigenvalue weighted by atomic mass is 9.99. The van der Waals surface area contributed by atoms with Crippen molar-refractivity contribution >= 4 is 11.6 Å². The summed E-state index contributed by atoms with van der Waals surface area (Å²) in [5.74, 6) is -0.0101. The van der Waals surface area contributed by atoms with E-state index in [9.17, 15) is 4.79 Å². The summed E-state index contributed by atoms with van der Waals surface area (Å²) in [6.45, 7) is 0.306. The first-order valence-electron chi connectivity index (χ1n) is 8.39. The molecule has 3 heteroatoms. The normalized spacial score (nSPS) is 10.5. The van der Waals surface area contributed by atoms with Gasteiger partial charge >= 0.3 is 0 Å². The topological polar surface area (TPSA) is 32.3 Å². The number of hydrogen-bond acceptors (Lipinski definition) is 2. The molecule has 1 amide bonds. The molecular formula is C22H22N2O. The Balaban J connectivity index is 1.75. The van der Waals surface area contributed by atoms with Crippen molar-refractivity contribution in [3.05, 3.63) is 102 Å². The van der Waals surface area contributed by atoms with Gasteiger partial charge in [0.05, 0.1) is 12.6 Å². The highest BCUT2D eigenvalue weighted by atomic mass is 16.2. The number of nitrogens with one attached hydrogen (secondary N) is 1. The van der Waals surface area contributed by atoms with Crippen molar-refractivity contribution < 1.29 is 4.79 Å². The third-order valence-electron chi connectivity index (χ3n) is 4.15. The number of amides is 1. The van der Waals surface area contributed by atoms with Crippen molar-refractivity contribution in [2.24, 2.45) is 0 Å². The molecule has 0 fully saturated rings. The molecule has 3 rings (SSSR count). The fourth-order valence-corrected chi connectivity index (χ4v) is 2.85. The van der Waals surface area contributed by atoms with E-state index < -0.39 is 0 Å². The maximum Gasteiger partial charge on any atom is 0.240 e. The molecule has 0 spiro atoms. The van der Waals surface area contributed by atoms with Crippen LogP contribution in [0.3, 0.4) is 0 Å². The molecule has 3 aromatic carbocycles. The Morgan fingerprint density at radius 1 is 0.800 bits per heavy atom. The van der Waals surface area contributed by atoms with Crippen molar-refractivity contribution in [1.29, 1.82) is 0 Å². The average molecular weight is 330 g/mol. The summed E-state index contributed by atoms with van der Waals surface area (Å²) >= 11 is 0. The second-order valence-electron chi connectivity index (χ2n) is 6.01. The van der Waals surface area contributed by atoms with Gasteiger partial charge in [0.2, 0.25) is 5.91 Å². The van der Waals surface area contributed by atoms with Crippen LogP contribution in [0.1, 0.15) is 17.2 Å². The van der Waals surface area contributed by atoms with E-state index in [4.69, 9.17) is 0 Å². The van der Waals surface area contributed by atoms with Crippen LogP contribution in [-0.4, -0.2) is 19.5 Å². The van der Waals surface area contributed by atoms with E-state index in [2.05, 4.69) is 5.32 Å². The monoisotopic (exact) mass is 330 g/mol. The lowest BCUT2D eigenvalue weighted by Gasteiger charge is -2.23. The molecule has 0 radical (unpaired) electrons. The number of nitrogens with zero attached hydrogens (tertiary/aromatic N) is 1. The van der Waals surface area contributed by atoms with Crippen LogP contribution in [0.4, 0.5) is 5.69 Å². The van der Waals surface area contributed by atoms with E-state index in [1.165, 1.54) is 0 Å². The van der Waals surface area contributed by atoms with Crippen LogP contribution in [0.5, 0.6) is 0 Å². The van der Waals surface area contributed by atoms with Crippen molar-refractivity contribution in [3.63, 3.8) is 0 Å². The van der Waals surface area contributed by atoms with Crippen LogP contribution < -0.4 is 10.2 Å². The molecular weight excluding hydrogens is 308 g/mol. The SMILES string of the molecule is CN(CC(=O)NC(c1ccccc1)c1ccccc1)c1ccccc1. The number of benzene rings is 3. The van der Waals surface area contributed by atoms with Gasteiger partial charge in [0.25, 0.3) is 0 Å². The zero-order valence-corrected chi connectivity index (χ0v) is 14.3. The Labute approximate surface area is 148 Å². The van der Waals surface area contributed by atoms with Crippen LogP contribution in [0.2, 0.25) is 0 Å². The minimum atomic E-state index is -0.154. The minimum absolute atomic E-state index is 0.0101. The summed E-state index contributed by atoms with van der Waals surface area (Å²) in [7, 11) is 1.93. The molecule has 0 aromatic heterocycles. The standard InChI is InChI=1S/C22H22N2O/c1-24(20-15-9-4-10-16-20)17-21(25)23-22(18-11-5-2-6-12-18)19-13-7-3-8-14-19/h2-16,22H,17H2,1H3,(H,23,25). The summed E-state index contributed by atoms with van der Waals surface area (Å²) < 4.78 is 0. The van der Waals surface area contributed by atoms with Gasteiger partial charge in [0.15, 0.2) is 0 Å². The van der Waals surface area contributed by atoms with E-state index in [0.29, 0.717) is 6.54 Å². The third-order valence-corrected chi connectivity index (χ3v) is 4.15. The predicted octanol–water partition coefficient (Wildman–Crippen LogP) is 4.03. The summed E-state index contributed by atoms with van der Waals surface area (Å²) in [5.41, 5.74) is 3.17. The van der Waals surface area contributed by atoms with Gasteiger partial charge in [-0.3, -0.25) is 4.79 Å². The number of hydrogen-bond donors (Lipinski definition) is 1. The molecule has 25 heavy (non-hydrogen) atoms. The first-order chi connectivity index (χ1) is 12.2. The zero-order valence-electron chi connectivity index (χ0n) is 14.3. The Hall–Kier alpha value is -3.07. The van der Waals surface area contributed by atoms with Gasteiger partial charge in [-0.15, -0.1) is 0 Å². The molecule has 1 N–H and O–H groups in total. The molecule has 0 aliphatic rings. The highest BCUT2D eigenvalue weighted by Crippen LogP contribution is 2.21. The average Bonchev–Trinajstić information content (AvgIpc) is 2.68. The molecule has 0 unspecified atom stereocenters. The van der Waals surface area contributed by atoms with Gasteiger partial charge in [-0.1, -0.05) is 78.9 Å². The highest BCUT2D eigenvalue weighted by molar-refractivity contribution is 5.82. The van der Waals surface area contributed by atoms with Gasteiger partial charge < -0.3 is 10.2 Å². The predicted molar refractivity (Wildman–Crippen MR) is 103 cm³/mol. The lowest BCUT2D eigenvalue weighted by molar-refractivity contribution is -0.120. The largest absolute Gasteiger partial charge is 0.365 e. The van der Waals surface area contributed by atoms with E-state index in [1.807, 2.05) is 103 Å². The molecule has 0 saturated carbocycles. The van der Waals surface area contributed by atoms with Crippen LogP contribution in [0, 0.1) is 0 Å². The second-order valence-corrected chi connectivity index (χ2v) is 6.01. The summed E-state index contributed by atoms with van der Waals surface area (Å²) in [5, 5.41) is 3.17. The first-order valence-corrected chi connectivity index (χ1v) is 8.39. The van der Waals surface area contributed by atoms with E-state index >= 15 is 0 Å². The molecule has 0 atom stereocenters. The Morgan fingerprint density at radius 2 is 1.24 bits per heavy atom. The quantitative estimate of drug-likeness (QED) is 0.740. The van der Waals surface area contributed by atoms with Gasteiger partial charge in [0, 0.05) is 12.7 Å². The van der Waals surface area contributed by atoms with E-state index in [-0.39, 0.29) is 11.9 Å². The minimum Gasteiger partial charge on any atom is -0.365 e. The van der Waals surface area contributed by atoms with Crippen molar-refractivity contribution in [2.45, 2.75) is 6.04 Å². The second kappa shape index (κ2) is 8.15. The Bertz CT molecular complexity index is 749. The first kappa shape index (κ1) is 16.8. The zero-order chi connectivity index (χ0) is 17.5. The number of likely N-dealkylation sites (N-methyl/N-ethyl adjacent to an activating group) is 1. The maximum atomic E-state index is 12.6. The van der Waals surface area contributed by atoms with Crippen LogP contribution in [0.15, 0.2) is 91.0 Å². The van der Waals surface area contributed by atoms with Gasteiger partial charge in [0.1, 0.15) is 0 Å². The molecule has 0 bridgehead atoms. The number of anilines is 1. The number of carbonyl (C=O) groups is 1. The van der Waals surface area contributed by atoms with Gasteiger partial charge in [-0.25, -0.2) is 0 Å². The van der Waals surface area contributed by atoms with Crippen LogP contribution >= 0.6 is 0 Å². The van der Waals surface area contributed by atoms with Crippen molar-refractivity contribution in [1.82, 2.24) is 5.32 Å². The smallest absolute Gasteiger partial charge is 0.240 e. The fraction of sp³-hybridized carbons (Fsp3) is 0.136. The number of para-hydroxylation sites is 1. The summed E-state index contributed by atoms with van der Waals surface area (Å²) in [4.78, 5) is 14.6.